The SMILES string of the molecule is O=C(O)CCn1c2c(c3ccccc31)CC(NCS(=O)(=O)c1ccc(F)cc1)CC2. The van der Waals surface area contributed by atoms with Crippen LogP contribution in [0.3, 0.4) is 0 Å². The molecule has 0 saturated heterocycles. The number of para-hydroxylation sites is 1. The van der Waals surface area contributed by atoms with E-state index in [1.165, 1.54) is 12.1 Å². The Morgan fingerprint density at radius 3 is 2.63 bits per heavy atom. The second-order valence-corrected chi connectivity index (χ2v) is 9.58. The van der Waals surface area contributed by atoms with Crippen molar-refractivity contribution in [1.82, 2.24) is 9.88 Å². The summed E-state index contributed by atoms with van der Waals surface area (Å²) in [4.78, 5) is 11.2. The van der Waals surface area contributed by atoms with Crippen molar-refractivity contribution in [2.24, 2.45) is 0 Å². The van der Waals surface area contributed by atoms with E-state index in [0.717, 1.165) is 47.1 Å². The van der Waals surface area contributed by atoms with Gasteiger partial charge in [-0.05, 0) is 55.2 Å². The fraction of sp³-hybridized carbons (Fsp3) is 0.318. The van der Waals surface area contributed by atoms with Crippen molar-refractivity contribution in [2.75, 3.05) is 5.88 Å². The third-order valence-corrected chi connectivity index (χ3v) is 7.20. The van der Waals surface area contributed by atoms with Gasteiger partial charge in [-0.15, -0.1) is 0 Å². The maximum atomic E-state index is 13.1. The van der Waals surface area contributed by atoms with Crippen LogP contribution >= 0.6 is 0 Å². The summed E-state index contributed by atoms with van der Waals surface area (Å²) in [5.74, 6) is -1.51. The molecule has 0 aliphatic heterocycles. The van der Waals surface area contributed by atoms with Gasteiger partial charge in [-0.3, -0.25) is 4.79 Å². The van der Waals surface area contributed by atoms with E-state index >= 15 is 0 Å². The number of sulfone groups is 1. The molecule has 1 aliphatic carbocycles. The van der Waals surface area contributed by atoms with Crippen molar-refractivity contribution < 1.29 is 22.7 Å². The van der Waals surface area contributed by atoms with Gasteiger partial charge in [0.2, 0.25) is 0 Å². The zero-order valence-electron chi connectivity index (χ0n) is 16.3. The van der Waals surface area contributed by atoms with Crippen LogP contribution in [0.2, 0.25) is 0 Å². The molecule has 1 heterocycles. The number of aliphatic carboxylic acids is 1. The highest BCUT2D eigenvalue weighted by atomic mass is 32.2. The Kier molecular flexibility index (Phi) is 5.62. The molecule has 6 nitrogen and oxygen atoms in total. The number of carbonyl (C=O) groups is 1. The lowest BCUT2D eigenvalue weighted by atomic mass is 9.91. The van der Waals surface area contributed by atoms with Crippen molar-refractivity contribution in [3.05, 3.63) is 65.6 Å². The highest BCUT2D eigenvalue weighted by molar-refractivity contribution is 7.91. The summed E-state index contributed by atoms with van der Waals surface area (Å²) in [5.41, 5.74) is 3.30. The fourth-order valence-electron chi connectivity index (χ4n) is 4.19. The number of carboxylic acid groups (broad SMARTS) is 1. The predicted molar refractivity (Wildman–Crippen MR) is 112 cm³/mol. The summed E-state index contributed by atoms with van der Waals surface area (Å²) in [7, 11) is -3.56. The first-order valence-corrected chi connectivity index (χ1v) is 11.5. The van der Waals surface area contributed by atoms with E-state index in [1.54, 1.807) is 0 Å². The minimum absolute atomic E-state index is 0.00791. The number of nitrogens with one attached hydrogen (secondary N) is 1. The van der Waals surface area contributed by atoms with Crippen LogP contribution in [-0.2, 0) is 34.0 Å². The van der Waals surface area contributed by atoms with E-state index in [4.69, 9.17) is 5.11 Å². The zero-order valence-corrected chi connectivity index (χ0v) is 17.2. The van der Waals surface area contributed by atoms with Gasteiger partial charge >= 0.3 is 5.97 Å². The molecule has 0 radical (unpaired) electrons. The molecule has 0 fully saturated rings. The average molecular weight is 431 g/mol. The number of rotatable bonds is 7. The summed E-state index contributed by atoms with van der Waals surface area (Å²) in [6.07, 6.45) is 2.24. The molecular weight excluding hydrogens is 407 g/mol. The molecule has 1 aromatic heterocycles. The van der Waals surface area contributed by atoms with Crippen molar-refractivity contribution >= 4 is 26.7 Å². The molecule has 30 heavy (non-hydrogen) atoms. The molecular formula is C22H23FN2O4S. The molecule has 158 valence electrons. The van der Waals surface area contributed by atoms with Gasteiger partial charge in [-0.25, -0.2) is 12.8 Å². The molecule has 1 unspecified atom stereocenters. The Morgan fingerprint density at radius 2 is 1.90 bits per heavy atom. The van der Waals surface area contributed by atoms with Crippen molar-refractivity contribution in [1.29, 1.82) is 0 Å². The molecule has 0 spiro atoms. The Hall–Kier alpha value is -2.71. The number of halogens is 1. The second-order valence-electron chi connectivity index (χ2n) is 7.59. The van der Waals surface area contributed by atoms with E-state index in [-0.39, 0.29) is 23.2 Å². The Balaban J connectivity index is 1.53. The predicted octanol–water partition coefficient (Wildman–Crippen LogP) is 3.13. The van der Waals surface area contributed by atoms with E-state index in [9.17, 15) is 17.6 Å². The van der Waals surface area contributed by atoms with Crippen LogP contribution in [0.15, 0.2) is 53.4 Å². The summed E-state index contributed by atoms with van der Waals surface area (Å²) in [6, 6.07) is 12.8. The lowest BCUT2D eigenvalue weighted by Gasteiger charge is -2.25. The van der Waals surface area contributed by atoms with E-state index in [1.807, 2.05) is 24.3 Å². The highest BCUT2D eigenvalue weighted by Crippen LogP contribution is 2.32. The van der Waals surface area contributed by atoms with Gasteiger partial charge in [0, 0.05) is 29.2 Å². The monoisotopic (exact) mass is 430 g/mol. The maximum absolute atomic E-state index is 13.1. The van der Waals surface area contributed by atoms with Gasteiger partial charge in [0.05, 0.1) is 11.3 Å². The Morgan fingerprint density at radius 1 is 1.17 bits per heavy atom. The van der Waals surface area contributed by atoms with Crippen LogP contribution in [0.5, 0.6) is 0 Å². The average Bonchev–Trinajstić information content (AvgIpc) is 3.04. The van der Waals surface area contributed by atoms with E-state index in [0.29, 0.717) is 13.0 Å². The first kappa shape index (κ1) is 20.6. The first-order chi connectivity index (χ1) is 14.3. The van der Waals surface area contributed by atoms with E-state index in [2.05, 4.69) is 9.88 Å². The van der Waals surface area contributed by atoms with Crippen LogP contribution in [0.25, 0.3) is 10.9 Å². The standard InChI is InChI=1S/C22H23FN2O4S/c23-15-5-8-17(9-6-15)30(28,29)14-24-16-7-10-21-19(13-16)18-3-1-2-4-20(18)25(21)12-11-22(26)27/h1-6,8-9,16,24H,7,10-14H2,(H,26,27). The van der Waals surface area contributed by atoms with Crippen LogP contribution in [-0.4, -0.2) is 36.0 Å². The largest absolute Gasteiger partial charge is 0.481 e. The second kappa shape index (κ2) is 8.20. The number of fused-ring (bicyclic) bond motifs is 3. The van der Waals surface area contributed by atoms with Crippen LogP contribution < -0.4 is 5.32 Å². The van der Waals surface area contributed by atoms with Crippen LogP contribution in [0.4, 0.5) is 4.39 Å². The molecule has 2 N–H and O–H groups in total. The van der Waals surface area contributed by atoms with Crippen molar-refractivity contribution in [3.8, 4) is 0 Å². The molecule has 0 bridgehead atoms. The summed E-state index contributed by atoms with van der Waals surface area (Å²) < 4.78 is 40.3. The van der Waals surface area contributed by atoms with Gasteiger partial charge in [-0.1, -0.05) is 18.2 Å². The van der Waals surface area contributed by atoms with Crippen LogP contribution in [0, 0.1) is 5.82 Å². The number of carboxylic acids is 1. The molecule has 4 rings (SSSR count). The quantitative estimate of drug-likeness (QED) is 0.562. The lowest BCUT2D eigenvalue weighted by molar-refractivity contribution is -0.137. The smallest absolute Gasteiger partial charge is 0.305 e. The van der Waals surface area contributed by atoms with Gasteiger partial charge in [0.15, 0.2) is 9.84 Å². The molecule has 3 aromatic rings. The summed E-state index contributed by atoms with van der Waals surface area (Å²) in [6.45, 7) is 0.419. The van der Waals surface area contributed by atoms with Gasteiger partial charge < -0.3 is 15.0 Å². The molecule has 0 saturated carbocycles. The number of hydrogen-bond donors (Lipinski definition) is 2. The third kappa shape index (κ3) is 4.11. The number of benzene rings is 2. The summed E-state index contributed by atoms with van der Waals surface area (Å²) in [5, 5.41) is 13.3. The molecule has 8 heteroatoms. The normalized spacial score (nSPS) is 16.5. The van der Waals surface area contributed by atoms with Gasteiger partial charge in [0.1, 0.15) is 11.7 Å². The van der Waals surface area contributed by atoms with E-state index < -0.39 is 21.6 Å². The lowest BCUT2D eigenvalue weighted by Crippen LogP contribution is -2.38. The molecule has 0 amide bonds. The number of nitrogens with zero attached hydrogens (tertiary/aromatic N) is 1. The zero-order chi connectivity index (χ0) is 21.3. The fourth-order valence-corrected chi connectivity index (χ4v) is 5.36. The van der Waals surface area contributed by atoms with Crippen molar-refractivity contribution in [2.45, 2.75) is 43.2 Å². The van der Waals surface area contributed by atoms with Gasteiger partial charge in [0.25, 0.3) is 0 Å². The van der Waals surface area contributed by atoms with Crippen molar-refractivity contribution in [3.63, 3.8) is 0 Å². The van der Waals surface area contributed by atoms with Gasteiger partial charge in [-0.2, -0.15) is 0 Å². The minimum Gasteiger partial charge on any atom is -0.481 e. The number of aromatic nitrogens is 1. The number of aryl methyl sites for hydroxylation is 1. The minimum atomic E-state index is -3.56. The summed E-state index contributed by atoms with van der Waals surface area (Å²) >= 11 is 0. The third-order valence-electron chi connectivity index (χ3n) is 5.66. The number of hydrogen-bond acceptors (Lipinski definition) is 4. The topological polar surface area (TPSA) is 88.4 Å². The Labute approximate surface area is 174 Å². The first-order valence-electron chi connectivity index (χ1n) is 9.87. The maximum Gasteiger partial charge on any atom is 0.305 e. The highest BCUT2D eigenvalue weighted by Gasteiger charge is 2.26. The molecule has 2 aromatic carbocycles. The molecule has 1 aliphatic rings. The van der Waals surface area contributed by atoms with Crippen LogP contribution in [0.1, 0.15) is 24.1 Å². The molecule has 1 atom stereocenters. The Bertz CT molecular complexity index is 1190.